The summed E-state index contributed by atoms with van der Waals surface area (Å²) in [7, 11) is 2.99. The second-order valence-corrected chi connectivity index (χ2v) is 3.70. The first-order valence-electron chi connectivity index (χ1n) is 4.18. The molecule has 0 fully saturated rings. The summed E-state index contributed by atoms with van der Waals surface area (Å²) in [5.74, 6) is -0.100. The maximum Gasteiger partial charge on any atom is 0.133 e. The molecule has 0 aliphatic rings. The number of carboxylic acids is 1. The lowest BCUT2D eigenvalue weighted by Crippen LogP contribution is -2.24. The monoisotopic (exact) mass is 273 g/mol. The van der Waals surface area contributed by atoms with Crippen molar-refractivity contribution in [3.8, 4) is 11.5 Å². The van der Waals surface area contributed by atoms with E-state index in [1.807, 2.05) is 0 Å². The summed E-state index contributed by atoms with van der Waals surface area (Å²) in [5.41, 5.74) is 0.526. The Labute approximate surface area is 95.9 Å². The van der Waals surface area contributed by atoms with Crippen LogP contribution in [0.1, 0.15) is 5.56 Å². The molecule has 0 aromatic heterocycles. The van der Waals surface area contributed by atoms with Crippen LogP contribution in [0.2, 0.25) is 0 Å². The van der Waals surface area contributed by atoms with Crippen LogP contribution in [0.4, 0.5) is 0 Å². The molecule has 1 rings (SSSR count). The summed E-state index contributed by atoms with van der Waals surface area (Å²) in [6, 6.07) is 3.27. The van der Waals surface area contributed by atoms with Crippen molar-refractivity contribution in [2.75, 3.05) is 14.2 Å². The lowest BCUT2D eigenvalue weighted by atomic mass is 10.1. The average Bonchev–Trinajstić information content (AvgIpc) is 2.19. The second kappa shape index (κ2) is 5.02. The molecule has 0 spiro atoms. The molecule has 0 aliphatic carbocycles. The zero-order valence-corrected chi connectivity index (χ0v) is 9.96. The minimum Gasteiger partial charge on any atom is -0.550 e. The van der Waals surface area contributed by atoms with Crippen LogP contribution in [-0.4, -0.2) is 20.2 Å². The molecule has 0 aliphatic heterocycles. The van der Waals surface area contributed by atoms with E-state index in [-0.39, 0.29) is 6.42 Å². The Morgan fingerprint density at radius 1 is 1.33 bits per heavy atom. The minimum absolute atomic E-state index is 0.202. The zero-order chi connectivity index (χ0) is 11.4. The molecule has 0 bridgehead atoms. The van der Waals surface area contributed by atoms with Gasteiger partial charge in [-0.15, -0.1) is 0 Å². The largest absolute Gasteiger partial charge is 0.550 e. The Hall–Kier alpha value is -1.23. The Morgan fingerprint density at radius 2 is 1.93 bits per heavy atom. The van der Waals surface area contributed by atoms with Crippen LogP contribution in [0, 0.1) is 0 Å². The zero-order valence-electron chi connectivity index (χ0n) is 8.37. The fourth-order valence-electron chi connectivity index (χ4n) is 1.22. The van der Waals surface area contributed by atoms with Crippen LogP contribution in [0.15, 0.2) is 16.6 Å². The van der Waals surface area contributed by atoms with Crippen molar-refractivity contribution in [1.29, 1.82) is 0 Å². The van der Waals surface area contributed by atoms with Crippen LogP contribution in [0.5, 0.6) is 11.5 Å². The first-order chi connectivity index (χ1) is 7.08. The van der Waals surface area contributed by atoms with Crippen LogP contribution < -0.4 is 14.6 Å². The van der Waals surface area contributed by atoms with E-state index in [0.717, 1.165) is 0 Å². The highest BCUT2D eigenvalue weighted by Gasteiger charge is 2.09. The van der Waals surface area contributed by atoms with E-state index in [1.54, 1.807) is 12.1 Å². The first kappa shape index (κ1) is 11.8. The maximum atomic E-state index is 10.5. The van der Waals surface area contributed by atoms with Gasteiger partial charge in [0.25, 0.3) is 0 Å². The standard InChI is InChI=1S/C10H11BrO4/c1-14-8-5-7(11)9(15-2)3-6(8)4-10(12)13/h3,5H,4H2,1-2H3,(H,12,13)/p-1. The fraction of sp³-hybridized carbons (Fsp3) is 0.300. The van der Waals surface area contributed by atoms with Gasteiger partial charge in [0.05, 0.1) is 18.7 Å². The van der Waals surface area contributed by atoms with E-state index in [2.05, 4.69) is 15.9 Å². The van der Waals surface area contributed by atoms with E-state index in [9.17, 15) is 9.90 Å². The highest BCUT2D eigenvalue weighted by molar-refractivity contribution is 9.10. The average molecular weight is 274 g/mol. The fourth-order valence-corrected chi connectivity index (χ4v) is 1.70. The van der Waals surface area contributed by atoms with Crippen molar-refractivity contribution in [2.45, 2.75) is 6.42 Å². The molecule has 0 atom stereocenters. The number of carbonyl (C=O) groups is 1. The van der Waals surface area contributed by atoms with Crippen molar-refractivity contribution >= 4 is 21.9 Å². The summed E-state index contributed by atoms with van der Waals surface area (Å²) in [5, 5.41) is 10.5. The predicted molar refractivity (Wildman–Crippen MR) is 56.0 cm³/mol. The van der Waals surface area contributed by atoms with Gasteiger partial charge in [-0.2, -0.15) is 0 Å². The molecule has 1 aromatic carbocycles. The number of methoxy groups -OCH3 is 2. The number of halogens is 1. The maximum absolute atomic E-state index is 10.5. The summed E-state index contributed by atoms with van der Waals surface area (Å²) in [6.45, 7) is 0. The van der Waals surface area contributed by atoms with Gasteiger partial charge in [0, 0.05) is 18.0 Å². The van der Waals surface area contributed by atoms with Gasteiger partial charge in [-0.1, -0.05) is 0 Å². The smallest absolute Gasteiger partial charge is 0.133 e. The molecule has 0 unspecified atom stereocenters. The van der Waals surface area contributed by atoms with Crippen molar-refractivity contribution in [2.24, 2.45) is 0 Å². The third-order valence-electron chi connectivity index (χ3n) is 1.89. The lowest BCUT2D eigenvalue weighted by Gasteiger charge is -2.12. The predicted octanol–water partition coefficient (Wildman–Crippen LogP) is 0.759. The summed E-state index contributed by atoms with van der Waals surface area (Å²) >= 11 is 3.28. The molecule has 1 aromatic rings. The molecule has 0 saturated heterocycles. The van der Waals surface area contributed by atoms with Crippen LogP contribution in [-0.2, 0) is 11.2 Å². The van der Waals surface area contributed by atoms with Crippen LogP contribution in [0.3, 0.4) is 0 Å². The van der Waals surface area contributed by atoms with Crippen molar-refractivity contribution in [3.63, 3.8) is 0 Å². The Morgan fingerprint density at radius 3 is 2.40 bits per heavy atom. The number of hydrogen-bond donors (Lipinski definition) is 0. The third-order valence-corrected chi connectivity index (χ3v) is 2.51. The summed E-state index contributed by atoms with van der Waals surface area (Å²) in [6.07, 6.45) is -0.202. The quantitative estimate of drug-likeness (QED) is 0.813. The van der Waals surface area contributed by atoms with Gasteiger partial charge in [-0.3, -0.25) is 0 Å². The molecule has 4 nitrogen and oxygen atoms in total. The number of carbonyl (C=O) groups excluding carboxylic acids is 1. The van der Waals surface area contributed by atoms with Crippen molar-refractivity contribution in [3.05, 3.63) is 22.2 Å². The van der Waals surface area contributed by atoms with E-state index in [4.69, 9.17) is 9.47 Å². The van der Waals surface area contributed by atoms with Crippen molar-refractivity contribution < 1.29 is 19.4 Å². The van der Waals surface area contributed by atoms with Crippen LogP contribution in [0.25, 0.3) is 0 Å². The highest BCUT2D eigenvalue weighted by atomic mass is 79.9. The molecular formula is C10H10BrO4-. The van der Waals surface area contributed by atoms with E-state index in [1.165, 1.54) is 14.2 Å². The number of ether oxygens (including phenoxy) is 2. The molecule has 0 radical (unpaired) electrons. The van der Waals surface area contributed by atoms with E-state index < -0.39 is 5.97 Å². The molecule has 15 heavy (non-hydrogen) atoms. The van der Waals surface area contributed by atoms with Crippen molar-refractivity contribution in [1.82, 2.24) is 0 Å². The number of aliphatic carboxylic acids is 1. The molecule has 0 heterocycles. The van der Waals surface area contributed by atoms with E-state index >= 15 is 0 Å². The minimum atomic E-state index is -1.15. The number of hydrogen-bond acceptors (Lipinski definition) is 4. The second-order valence-electron chi connectivity index (χ2n) is 2.85. The van der Waals surface area contributed by atoms with Gasteiger partial charge in [0.1, 0.15) is 11.5 Å². The number of carboxylic acid groups (broad SMARTS) is 1. The topological polar surface area (TPSA) is 58.6 Å². The molecule has 0 amide bonds. The first-order valence-corrected chi connectivity index (χ1v) is 4.98. The molecule has 5 heteroatoms. The Balaban J connectivity index is 3.16. The van der Waals surface area contributed by atoms with E-state index in [0.29, 0.717) is 21.5 Å². The number of rotatable bonds is 4. The van der Waals surface area contributed by atoms with Gasteiger partial charge >= 0.3 is 0 Å². The number of benzene rings is 1. The molecule has 0 N–H and O–H groups in total. The van der Waals surface area contributed by atoms with Gasteiger partial charge in [0.2, 0.25) is 0 Å². The SMILES string of the molecule is COc1cc(CC(=O)[O-])c(OC)cc1Br. The van der Waals surface area contributed by atoms with Crippen LogP contribution >= 0.6 is 15.9 Å². The summed E-state index contributed by atoms with van der Waals surface area (Å²) in [4.78, 5) is 10.5. The van der Waals surface area contributed by atoms with Gasteiger partial charge in [-0.05, 0) is 28.1 Å². The third kappa shape index (κ3) is 2.86. The molecular weight excluding hydrogens is 264 g/mol. The molecule has 82 valence electrons. The normalized spacial score (nSPS) is 9.80. The van der Waals surface area contributed by atoms with Gasteiger partial charge in [-0.25, -0.2) is 0 Å². The van der Waals surface area contributed by atoms with Gasteiger partial charge < -0.3 is 19.4 Å². The summed E-state index contributed by atoms with van der Waals surface area (Å²) < 4.78 is 10.8. The Kier molecular flexibility index (Phi) is 3.96. The Bertz CT molecular complexity index is 376. The van der Waals surface area contributed by atoms with Gasteiger partial charge in [0.15, 0.2) is 0 Å². The lowest BCUT2D eigenvalue weighted by molar-refractivity contribution is -0.304. The highest BCUT2D eigenvalue weighted by Crippen LogP contribution is 2.32. The molecule has 0 saturated carbocycles.